The summed E-state index contributed by atoms with van der Waals surface area (Å²) in [5.41, 5.74) is 7.90. The van der Waals surface area contributed by atoms with Crippen LogP contribution in [0.2, 0.25) is 0 Å². The predicted molar refractivity (Wildman–Crippen MR) is 74.3 cm³/mol. The van der Waals surface area contributed by atoms with Gasteiger partial charge in [-0.2, -0.15) is 0 Å². The van der Waals surface area contributed by atoms with E-state index < -0.39 is 0 Å². The Kier molecular flexibility index (Phi) is 5.07. The average molecular weight is 259 g/mol. The maximum absolute atomic E-state index is 12.9. The third-order valence-electron chi connectivity index (χ3n) is 3.06. The number of hydrogen-bond acceptors (Lipinski definition) is 2. The molecule has 0 aromatic heterocycles. The Hall–Kier alpha value is -1.71. The minimum Gasteiger partial charge on any atom is -0.376 e. The van der Waals surface area contributed by atoms with Gasteiger partial charge < -0.3 is 10.5 Å². The van der Waals surface area contributed by atoms with Gasteiger partial charge >= 0.3 is 0 Å². The molecule has 0 saturated carbocycles. The van der Waals surface area contributed by atoms with Crippen LogP contribution in [0.15, 0.2) is 54.6 Å². The molecule has 0 radical (unpaired) electrons. The van der Waals surface area contributed by atoms with Crippen LogP contribution in [0.25, 0.3) is 0 Å². The molecule has 2 rings (SSSR count). The van der Waals surface area contributed by atoms with E-state index >= 15 is 0 Å². The summed E-state index contributed by atoms with van der Waals surface area (Å²) in [6.45, 7) is 1.59. The first-order valence-corrected chi connectivity index (χ1v) is 6.37. The van der Waals surface area contributed by atoms with Crippen molar-refractivity contribution in [1.29, 1.82) is 0 Å². The first-order chi connectivity index (χ1) is 9.29. The molecule has 0 aliphatic rings. The van der Waals surface area contributed by atoms with E-state index in [0.717, 1.165) is 11.1 Å². The van der Waals surface area contributed by atoms with E-state index in [-0.39, 0.29) is 11.7 Å². The molecule has 19 heavy (non-hydrogen) atoms. The molecule has 2 nitrogen and oxygen atoms in total. The summed E-state index contributed by atoms with van der Waals surface area (Å²) in [5.74, 6) is -0.131. The summed E-state index contributed by atoms with van der Waals surface area (Å²) in [7, 11) is 0. The topological polar surface area (TPSA) is 35.2 Å². The van der Waals surface area contributed by atoms with Crippen molar-refractivity contribution in [2.24, 2.45) is 5.73 Å². The van der Waals surface area contributed by atoms with E-state index in [1.165, 1.54) is 12.1 Å². The first kappa shape index (κ1) is 13.7. The Bertz CT molecular complexity index is 484. The molecule has 2 aromatic carbocycles. The van der Waals surface area contributed by atoms with Gasteiger partial charge in [0.05, 0.1) is 13.2 Å². The number of halogens is 1. The van der Waals surface area contributed by atoms with Crippen molar-refractivity contribution in [3.05, 3.63) is 71.5 Å². The van der Waals surface area contributed by atoms with Gasteiger partial charge in [-0.05, 0) is 23.3 Å². The summed E-state index contributed by atoms with van der Waals surface area (Å²) in [5, 5.41) is 0. The number of benzene rings is 2. The molecule has 0 heterocycles. The minimum atomic E-state index is -0.232. The molecule has 2 aromatic rings. The molecule has 0 aliphatic heterocycles. The minimum absolute atomic E-state index is 0.101. The molecule has 0 bridgehead atoms. The molecule has 100 valence electrons. The van der Waals surface area contributed by atoms with Crippen LogP contribution in [0.1, 0.15) is 17.0 Å². The summed E-state index contributed by atoms with van der Waals surface area (Å²) in [6.07, 6.45) is 0. The zero-order valence-corrected chi connectivity index (χ0v) is 10.8. The number of ether oxygens (including phenoxy) is 1. The smallest absolute Gasteiger partial charge is 0.123 e. The summed E-state index contributed by atoms with van der Waals surface area (Å²) in [4.78, 5) is 0. The molecular weight excluding hydrogens is 241 g/mol. The maximum Gasteiger partial charge on any atom is 0.123 e. The van der Waals surface area contributed by atoms with E-state index in [2.05, 4.69) is 0 Å². The van der Waals surface area contributed by atoms with Gasteiger partial charge in [-0.15, -0.1) is 0 Å². The quantitative estimate of drug-likeness (QED) is 0.865. The highest BCUT2D eigenvalue weighted by atomic mass is 19.1. The molecule has 0 amide bonds. The lowest BCUT2D eigenvalue weighted by Gasteiger charge is -2.15. The van der Waals surface area contributed by atoms with E-state index in [4.69, 9.17) is 10.5 Å². The lowest BCUT2D eigenvalue weighted by Crippen LogP contribution is -2.18. The second-order valence-electron chi connectivity index (χ2n) is 4.48. The molecule has 0 saturated heterocycles. The molecule has 0 fully saturated rings. The lowest BCUT2D eigenvalue weighted by atomic mass is 10.0. The van der Waals surface area contributed by atoms with E-state index in [0.29, 0.717) is 19.8 Å². The van der Waals surface area contributed by atoms with Gasteiger partial charge in [0.15, 0.2) is 0 Å². The Morgan fingerprint density at radius 1 is 1.00 bits per heavy atom. The van der Waals surface area contributed by atoms with Crippen molar-refractivity contribution in [1.82, 2.24) is 0 Å². The number of rotatable bonds is 6. The van der Waals surface area contributed by atoms with Crippen LogP contribution in [0, 0.1) is 5.82 Å². The zero-order valence-electron chi connectivity index (χ0n) is 10.8. The van der Waals surface area contributed by atoms with Crippen LogP contribution < -0.4 is 5.73 Å². The fourth-order valence-electron chi connectivity index (χ4n) is 1.93. The largest absolute Gasteiger partial charge is 0.376 e. The van der Waals surface area contributed by atoms with E-state index in [9.17, 15) is 4.39 Å². The fourth-order valence-corrected chi connectivity index (χ4v) is 1.93. The van der Waals surface area contributed by atoms with Gasteiger partial charge in [-0.3, -0.25) is 0 Å². The number of hydrogen-bond donors (Lipinski definition) is 1. The number of nitrogens with two attached hydrogens (primary N) is 1. The fraction of sp³-hybridized carbons (Fsp3) is 0.250. The monoisotopic (exact) mass is 259 g/mol. The lowest BCUT2D eigenvalue weighted by molar-refractivity contribution is 0.108. The van der Waals surface area contributed by atoms with Gasteiger partial charge in [0.1, 0.15) is 5.82 Å². The molecule has 2 N–H and O–H groups in total. The van der Waals surface area contributed by atoms with Crippen molar-refractivity contribution >= 4 is 0 Å². The van der Waals surface area contributed by atoms with Crippen LogP contribution in [-0.4, -0.2) is 13.2 Å². The summed E-state index contributed by atoms with van der Waals surface area (Å²) in [6, 6.07) is 16.4. The Morgan fingerprint density at radius 3 is 2.32 bits per heavy atom. The molecule has 1 atom stereocenters. The van der Waals surface area contributed by atoms with Crippen LogP contribution in [0.3, 0.4) is 0 Å². The standard InChI is InChI=1S/C16H18FNO/c17-16-8-6-14(7-9-16)15(10-18)12-19-11-13-4-2-1-3-5-13/h1-9,15H,10-12,18H2. The van der Waals surface area contributed by atoms with Crippen molar-refractivity contribution in [2.45, 2.75) is 12.5 Å². The van der Waals surface area contributed by atoms with Gasteiger partial charge in [0.25, 0.3) is 0 Å². The normalized spacial score (nSPS) is 12.3. The van der Waals surface area contributed by atoms with Gasteiger partial charge in [-0.1, -0.05) is 42.5 Å². The van der Waals surface area contributed by atoms with Crippen LogP contribution in [0.4, 0.5) is 4.39 Å². The Morgan fingerprint density at radius 2 is 1.68 bits per heavy atom. The van der Waals surface area contributed by atoms with Crippen molar-refractivity contribution in [3.8, 4) is 0 Å². The van der Waals surface area contributed by atoms with Crippen LogP contribution in [-0.2, 0) is 11.3 Å². The van der Waals surface area contributed by atoms with E-state index in [1.54, 1.807) is 12.1 Å². The third-order valence-corrected chi connectivity index (χ3v) is 3.06. The van der Waals surface area contributed by atoms with E-state index in [1.807, 2.05) is 30.3 Å². The SMILES string of the molecule is NCC(COCc1ccccc1)c1ccc(F)cc1. The molecule has 1 unspecified atom stereocenters. The van der Waals surface area contributed by atoms with Crippen LogP contribution in [0.5, 0.6) is 0 Å². The Balaban J connectivity index is 1.87. The van der Waals surface area contributed by atoms with Gasteiger partial charge in [0, 0.05) is 12.5 Å². The maximum atomic E-state index is 12.9. The zero-order chi connectivity index (χ0) is 13.5. The highest BCUT2D eigenvalue weighted by Gasteiger charge is 2.10. The van der Waals surface area contributed by atoms with Crippen molar-refractivity contribution < 1.29 is 9.13 Å². The van der Waals surface area contributed by atoms with Gasteiger partial charge in [-0.25, -0.2) is 4.39 Å². The molecule has 3 heteroatoms. The summed E-state index contributed by atoms with van der Waals surface area (Å²) >= 11 is 0. The second-order valence-corrected chi connectivity index (χ2v) is 4.48. The predicted octanol–water partition coefficient (Wildman–Crippen LogP) is 3.08. The molecule has 0 spiro atoms. The highest BCUT2D eigenvalue weighted by molar-refractivity contribution is 5.21. The second kappa shape index (κ2) is 7.02. The third kappa shape index (κ3) is 4.16. The van der Waals surface area contributed by atoms with Crippen LogP contribution >= 0.6 is 0 Å². The molecule has 0 aliphatic carbocycles. The first-order valence-electron chi connectivity index (χ1n) is 6.37. The van der Waals surface area contributed by atoms with Crippen molar-refractivity contribution in [3.63, 3.8) is 0 Å². The summed E-state index contributed by atoms with van der Waals surface area (Å²) < 4.78 is 18.5. The molecular formula is C16H18FNO. The van der Waals surface area contributed by atoms with Crippen molar-refractivity contribution in [2.75, 3.05) is 13.2 Å². The average Bonchev–Trinajstić information content (AvgIpc) is 2.46. The Labute approximate surface area is 113 Å². The van der Waals surface area contributed by atoms with Gasteiger partial charge in [0.2, 0.25) is 0 Å². The highest BCUT2D eigenvalue weighted by Crippen LogP contribution is 2.16.